The van der Waals surface area contributed by atoms with Crippen molar-refractivity contribution in [2.75, 3.05) is 31.1 Å². The molecule has 4 nitrogen and oxygen atoms in total. The number of piperidine rings is 2. The molecule has 0 bridgehead atoms. The first-order chi connectivity index (χ1) is 11.2. The number of aryl methyl sites for hydroxylation is 1. The minimum Gasteiger partial charge on any atom is -0.392 e. The molecule has 0 radical (unpaired) electrons. The van der Waals surface area contributed by atoms with Crippen LogP contribution in [0.4, 0.5) is 5.13 Å². The lowest BCUT2D eigenvalue weighted by Crippen LogP contribution is -2.49. The first-order valence-corrected chi connectivity index (χ1v) is 9.55. The Labute approximate surface area is 141 Å². The van der Waals surface area contributed by atoms with Gasteiger partial charge in [0.25, 0.3) is 0 Å². The number of hydrogen-bond donors (Lipinski definition) is 1. The van der Waals surface area contributed by atoms with Crippen molar-refractivity contribution < 1.29 is 5.11 Å². The lowest BCUT2D eigenvalue weighted by molar-refractivity contribution is 0.0398. The van der Waals surface area contributed by atoms with Gasteiger partial charge >= 0.3 is 0 Å². The smallest absolute Gasteiger partial charge is 0.186 e. The van der Waals surface area contributed by atoms with Crippen LogP contribution in [-0.2, 0) is 0 Å². The highest BCUT2D eigenvalue weighted by Crippen LogP contribution is 2.32. The molecular weight excluding hydrogens is 306 g/mol. The maximum absolute atomic E-state index is 9.88. The Morgan fingerprint density at radius 1 is 1.17 bits per heavy atom. The van der Waals surface area contributed by atoms with Gasteiger partial charge in [-0.1, -0.05) is 17.4 Å². The van der Waals surface area contributed by atoms with Gasteiger partial charge in [-0.2, -0.15) is 0 Å². The second kappa shape index (κ2) is 6.38. The number of aliphatic hydroxyl groups excluding tert-OH is 1. The van der Waals surface area contributed by atoms with Crippen molar-refractivity contribution in [3.05, 3.63) is 23.8 Å². The van der Waals surface area contributed by atoms with Crippen LogP contribution in [0.5, 0.6) is 0 Å². The maximum Gasteiger partial charge on any atom is 0.186 e. The molecule has 0 saturated carbocycles. The molecule has 1 atom stereocenters. The monoisotopic (exact) mass is 331 g/mol. The van der Waals surface area contributed by atoms with Crippen molar-refractivity contribution in [3.63, 3.8) is 0 Å². The Balaban J connectivity index is 1.42. The van der Waals surface area contributed by atoms with Crippen LogP contribution in [0.1, 0.15) is 31.2 Å². The average Bonchev–Trinajstić information content (AvgIpc) is 2.98. The van der Waals surface area contributed by atoms with E-state index in [4.69, 9.17) is 4.98 Å². The van der Waals surface area contributed by atoms with Gasteiger partial charge in [-0.05, 0) is 56.8 Å². The number of anilines is 1. The van der Waals surface area contributed by atoms with E-state index in [1.807, 2.05) is 11.3 Å². The van der Waals surface area contributed by atoms with E-state index in [9.17, 15) is 5.11 Å². The quantitative estimate of drug-likeness (QED) is 0.918. The second-order valence-corrected chi connectivity index (χ2v) is 7.99. The van der Waals surface area contributed by atoms with Crippen molar-refractivity contribution in [1.82, 2.24) is 9.88 Å². The second-order valence-electron chi connectivity index (χ2n) is 6.98. The summed E-state index contributed by atoms with van der Waals surface area (Å²) in [6.45, 7) is 6.32. The summed E-state index contributed by atoms with van der Waals surface area (Å²) in [6, 6.07) is 7.14. The van der Waals surface area contributed by atoms with Crippen molar-refractivity contribution in [1.29, 1.82) is 0 Å². The Hall–Kier alpha value is -1.17. The number of fused-ring (bicyclic) bond motifs is 1. The summed E-state index contributed by atoms with van der Waals surface area (Å²) in [5.74, 6) is 0. The van der Waals surface area contributed by atoms with Gasteiger partial charge in [0.15, 0.2) is 5.13 Å². The summed E-state index contributed by atoms with van der Waals surface area (Å²) in [6.07, 6.45) is 4.36. The Bertz CT molecular complexity index is 678. The SMILES string of the molecule is Cc1ccc2nc(N3CCC(N4CCCC(O)C4)CC3)sc2c1. The van der Waals surface area contributed by atoms with E-state index in [0.717, 1.165) is 44.5 Å². The molecule has 2 aliphatic rings. The molecule has 1 unspecified atom stereocenters. The van der Waals surface area contributed by atoms with Crippen molar-refractivity contribution in [2.45, 2.75) is 44.8 Å². The van der Waals surface area contributed by atoms with Crippen LogP contribution in [0, 0.1) is 6.92 Å². The van der Waals surface area contributed by atoms with Crippen LogP contribution in [0.25, 0.3) is 10.2 Å². The maximum atomic E-state index is 9.88. The van der Waals surface area contributed by atoms with Gasteiger partial charge in [0, 0.05) is 25.7 Å². The molecule has 2 aromatic rings. The fraction of sp³-hybridized carbons (Fsp3) is 0.611. The minimum atomic E-state index is -0.116. The molecule has 1 N–H and O–H groups in total. The predicted molar refractivity (Wildman–Crippen MR) is 96.4 cm³/mol. The third-order valence-corrected chi connectivity index (χ3v) is 6.29. The van der Waals surface area contributed by atoms with Gasteiger partial charge < -0.3 is 10.0 Å². The summed E-state index contributed by atoms with van der Waals surface area (Å²) in [5, 5.41) is 11.1. The fourth-order valence-corrected chi connectivity index (χ4v) is 5.01. The first kappa shape index (κ1) is 15.4. The van der Waals surface area contributed by atoms with Crippen LogP contribution in [0.2, 0.25) is 0 Å². The Morgan fingerprint density at radius 3 is 2.78 bits per heavy atom. The number of benzene rings is 1. The lowest BCUT2D eigenvalue weighted by atomic mass is 9.99. The number of hydrogen-bond acceptors (Lipinski definition) is 5. The van der Waals surface area contributed by atoms with Crippen LogP contribution in [0.15, 0.2) is 18.2 Å². The predicted octanol–water partition coefficient (Wildman–Crippen LogP) is 3.03. The highest BCUT2D eigenvalue weighted by atomic mass is 32.1. The highest BCUT2D eigenvalue weighted by molar-refractivity contribution is 7.22. The van der Waals surface area contributed by atoms with E-state index < -0.39 is 0 Å². The largest absolute Gasteiger partial charge is 0.392 e. The zero-order valence-electron chi connectivity index (χ0n) is 13.7. The molecule has 1 aromatic heterocycles. The number of β-amino-alcohol motifs (C(OH)–C–C–N with tert-alkyl or cyclic N) is 1. The van der Waals surface area contributed by atoms with Crippen LogP contribution < -0.4 is 4.90 Å². The van der Waals surface area contributed by atoms with Gasteiger partial charge in [-0.25, -0.2) is 4.98 Å². The van der Waals surface area contributed by atoms with Crippen molar-refractivity contribution >= 4 is 26.7 Å². The molecule has 0 spiro atoms. The third kappa shape index (κ3) is 3.23. The number of aromatic nitrogens is 1. The number of thiazole rings is 1. The Morgan fingerprint density at radius 2 is 2.00 bits per heavy atom. The normalized spacial score (nSPS) is 24.4. The number of nitrogens with zero attached hydrogens (tertiary/aromatic N) is 3. The summed E-state index contributed by atoms with van der Waals surface area (Å²) >= 11 is 1.82. The molecule has 4 rings (SSSR count). The van der Waals surface area contributed by atoms with Gasteiger partial charge in [0.05, 0.1) is 16.3 Å². The zero-order valence-corrected chi connectivity index (χ0v) is 14.6. The third-order valence-electron chi connectivity index (χ3n) is 5.21. The van der Waals surface area contributed by atoms with E-state index in [-0.39, 0.29) is 6.10 Å². The first-order valence-electron chi connectivity index (χ1n) is 8.73. The van der Waals surface area contributed by atoms with Crippen molar-refractivity contribution in [3.8, 4) is 0 Å². The van der Waals surface area contributed by atoms with Gasteiger partial charge in [0.2, 0.25) is 0 Å². The van der Waals surface area contributed by atoms with Crippen LogP contribution in [0.3, 0.4) is 0 Å². The van der Waals surface area contributed by atoms with Crippen molar-refractivity contribution in [2.24, 2.45) is 0 Å². The van der Waals surface area contributed by atoms with Gasteiger partial charge in [-0.15, -0.1) is 0 Å². The topological polar surface area (TPSA) is 39.6 Å². The molecule has 1 aromatic carbocycles. The molecule has 0 aliphatic carbocycles. The van der Waals surface area contributed by atoms with E-state index in [1.165, 1.54) is 28.2 Å². The molecule has 5 heteroatoms. The average molecular weight is 331 g/mol. The molecule has 0 amide bonds. The van der Waals surface area contributed by atoms with Gasteiger partial charge in [0.1, 0.15) is 0 Å². The summed E-state index contributed by atoms with van der Waals surface area (Å²) in [4.78, 5) is 9.77. The van der Waals surface area contributed by atoms with E-state index >= 15 is 0 Å². The Kier molecular flexibility index (Phi) is 4.26. The van der Waals surface area contributed by atoms with Gasteiger partial charge in [-0.3, -0.25) is 4.90 Å². The zero-order chi connectivity index (χ0) is 15.8. The summed E-state index contributed by atoms with van der Waals surface area (Å²) < 4.78 is 1.29. The molecule has 23 heavy (non-hydrogen) atoms. The standard InChI is InChI=1S/C18H25N3OS/c1-13-4-5-16-17(11-13)23-18(19-16)20-9-6-14(7-10-20)21-8-2-3-15(22)12-21/h4-5,11,14-15,22H,2-3,6-10,12H2,1H3. The van der Waals surface area contributed by atoms with E-state index in [1.54, 1.807) is 0 Å². The molecule has 2 aliphatic heterocycles. The van der Waals surface area contributed by atoms with E-state index in [0.29, 0.717) is 6.04 Å². The van der Waals surface area contributed by atoms with Crippen LogP contribution >= 0.6 is 11.3 Å². The van der Waals surface area contributed by atoms with Crippen LogP contribution in [-0.4, -0.2) is 53.3 Å². The highest BCUT2D eigenvalue weighted by Gasteiger charge is 2.29. The number of likely N-dealkylation sites (tertiary alicyclic amines) is 1. The number of rotatable bonds is 2. The summed E-state index contributed by atoms with van der Waals surface area (Å²) in [7, 11) is 0. The number of aliphatic hydroxyl groups is 1. The van der Waals surface area contributed by atoms with E-state index in [2.05, 4.69) is 34.9 Å². The molecular formula is C18H25N3OS. The molecule has 3 heterocycles. The molecule has 2 fully saturated rings. The minimum absolute atomic E-state index is 0.116. The fourth-order valence-electron chi connectivity index (χ4n) is 3.89. The lowest BCUT2D eigenvalue weighted by Gasteiger charge is -2.41. The molecule has 2 saturated heterocycles. The summed E-state index contributed by atoms with van der Waals surface area (Å²) in [5.41, 5.74) is 2.42. The molecule has 124 valence electrons.